The lowest BCUT2D eigenvalue weighted by atomic mass is 9.86. The summed E-state index contributed by atoms with van der Waals surface area (Å²) in [5, 5.41) is 0. The van der Waals surface area contributed by atoms with Crippen LogP contribution < -0.4 is 0 Å². The molecule has 1 heteroatoms. The van der Waals surface area contributed by atoms with E-state index in [1.807, 2.05) is 0 Å². The Bertz CT molecular complexity index is 217. The predicted molar refractivity (Wildman–Crippen MR) is 42.7 cm³/mol. The van der Waals surface area contributed by atoms with Crippen LogP contribution in [-0.2, 0) is 0 Å². The van der Waals surface area contributed by atoms with Gasteiger partial charge in [0, 0.05) is 5.41 Å². The molecule has 2 rings (SSSR count). The van der Waals surface area contributed by atoms with Gasteiger partial charge in [-0.1, -0.05) is 38.2 Å². The molecule has 0 aliphatic heterocycles. The third-order valence-electron chi connectivity index (χ3n) is 2.33. The maximum atomic E-state index is 2.26. The second kappa shape index (κ2) is 1.83. The molecule has 0 atom stereocenters. The summed E-state index contributed by atoms with van der Waals surface area (Å²) >= 11 is 0. The zero-order valence-electron chi connectivity index (χ0n) is 6.31. The van der Waals surface area contributed by atoms with Crippen molar-refractivity contribution in [2.45, 2.75) is 13.8 Å². The molecule has 0 radical (unpaired) electrons. The summed E-state index contributed by atoms with van der Waals surface area (Å²) in [7, 11) is 0. The van der Waals surface area contributed by atoms with Crippen molar-refractivity contribution in [3.8, 4) is 0 Å². The minimum atomic E-state index is 0. The molecule has 2 N–H and O–H groups in total. The molecule has 2 bridgehead atoms. The highest BCUT2D eigenvalue weighted by Gasteiger charge is 2.31. The Morgan fingerprint density at radius 1 is 1.00 bits per heavy atom. The third kappa shape index (κ3) is 0.611. The first-order valence-corrected chi connectivity index (χ1v) is 3.32. The summed E-state index contributed by atoms with van der Waals surface area (Å²) in [4.78, 5) is 0. The molecule has 0 unspecified atom stereocenters. The number of hydrogen-bond acceptors (Lipinski definition) is 0. The first-order chi connectivity index (χ1) is 4.21. The van der Waals surface area contributed by atoms with Crippen molar-refractivity contribution in [3.63, 3.8) is 0 Å². The van der Waals surface area contributed by atoms with Crippen molar-refractivity contribution < 1.29 is 5.48 Å². The fourth-order valence-corrected chi connectivity index (χ4v) is 1.47. The molecule has 0 heterocycles. The Morgan fingerprint density at radius 3 is 1.50 bits per heavy atom. The molecule has 0 spiro atoms. The second-order valence-corrected chi connectivity index (χ2v) is 3.20. The van der Waals surface area contributed by atoms with Crippen molar-refractivity contribution in [2.24, 2.45) is 5.41 Å². The van der Waals surface area contributed by atoms with Gasteiger partial charge in [-0.2, -0.15) is 0 Å². The molecule has 2 aliphatic rings. The standard InChI is InChI=1S/C9H10.H2O/c1-9(2)7-3-4-8(9)6-5-7;/h3-6H,1-2H3;1H2. The van der Waals surface area contributed by atoms with Crippen LogP contribution in [0, 0.1) is 5.41 Å². The predicted octanol–water partition coefficient (Wildman–Crippen LogP) is 1.62. The van der Waals surface area contributed by atoms with E-state index < -0.39 is 0 Å². The van der Waals surface area contributed by atoms with E-state index >= 15 is 0 Å². The van der Waals surface area contributed by atoms with E-state index in [0.717, 1.165) is 0 Å². The van der Waals surface area contributed by atoms with Gasteiger partial charge in [0.05, 0.1) is 0 Å². The van der Waals surface area contributed by atoms with E-state index in [4.69, 9.17) is 0 Å². The zero-order valence-corrected chi connectivity index (χ0v) is 6.31. The number of fused-ring (bicyclic) bond motifs is 2. The molecular weight excluding hydrogens is 124 g/mol. The van der Waals surface area contributed by atoms with Gasteiger partial charge >= 0.3 is 0 Å². The Morgan fingerprint density at radius 2 is 1.40 bits per heavy atom. The van der Waals surface area contributed by atoms with Gasteiger partial charge in [0.2, 0.25) is 0 Å². The molecule has 2 aliphatic carbocycles. The molecule has 0 aromatic heterocycles. The molecule has 10 heavy (non-hydrogen) atoms. The highest BCUT2D eigenvalue weighted by Crippen LogP contribution is 2.45. The van der Waals surface area contributed by atoms with Gasteiger partial charge in [0.15, 0.2) is 0 Å². The van der Waals surface area contributed by atoms with Crippen molar-refractivity contribution in [1.82, 2.24) is 0 Å². The Labute approximate surface area is 61.1 Å². The fraction of sp³-hybridized carbons (Fsp3) is 0.333. The molecule has 0 aromatic rings. The summed E-state index contributed by atoms with van der Waals surface area (Å²) in [6.07, 6.45) is 8.81. The largest absolute Gasteiger partial charge is 0.412 e. The second-order valence-electron chi connectivity index (χ2n) is 3.20. The third-order valence-corrected chi connectivity index (χ3v) is 2.33. The van der Waals surface area contributed by atoms with E-state index in [9.17, 15) is 0 Å². The maximum absolute atomic E-state index is 2.26. The highest BCUT2D eigenvalue weighted by molar-refractivity contribution is 5.56. The van der Waals surface area contributed by atoms with Gasteiger partial charge < -0.3 is 5.48 Å². The fourth-order valence-electron chi connectivity index (χ4n) is 1.47. The van der Waals surface area contributed by atoms with Crippen LogP contribution in [-0.4, -0.2) is 5.48 Å². The van der Waals surface area contributed by atoms with Gasteiger partial charge in [-0.25, -0.2) is 0 Å². The van der Waals surface area contributed by atoms with Crippen LogP contribution in [0.4, 0.5) is 0 Å². The number of rotatable bonds is 0. The molecule has 0 saturated heterocycles. The van der Waals surface area contributed by atoms with Crippen LogP contribution in [0.5, 0.6) is 0 Å². The normalized spacial score (nSPS) is 23.8. The van der Waals surface area contributed by atoms with Gasteiger partial charge in [0.1, 0.15) is 0 Å². The van der Waals surface area contributed by atoms with Crippen molar-refractivity contribution >= 4 is 0 Å². The van der Waals surface area contributed by atoms with Crippen molar-refractivity contribution in [2.75, 3.05) is 0 Å². The molecule has 0 amide bonds. The Balaban J connectivity index is 0.000000500. The van der Waals surface area contributed by atoms with Crippen LogP contribution in [0.3, 0.4) is 0 Å². The Hall–Kier alpha value is -0.820. The average Bonchev–Trinajstić information content (AvgIpc) is 2.24. The van der Waals surface area contributed by atoms with E-state index in [1.54, 1.807) is 0 Å². The summed E-state index contributed by atoms with van der Waals surface area (Å²) in [5.41, 5.74) is 3.25. The molecule has 0 aromatic carbocycles. The average molecular weight is 136 g/mol. The minimum Gasteiger partial charge on any atom is -0.412 e. The minimum absolute atomic E-state index is 0. The van der Waals surface area contributed by atoms with Crippen LogP contribution in [0.25, 0.3) is 0 Å². The smallest absolute Gasteiger partial charge is 0.0146 e. The highest BCUT2D eigenvalue weighted by atomic mass is 16.0. The summed E-state index contributed by atoms with van der Waals surface area (Å²) in [5.74, 6) is 0. The molecular formula is C9H12O. The monoisotopic (exact) mass is 136 g/mol. The topological polar surface area (TPSA) is 31.5 Å². The first-order valence-electron chi connectivity index (χ1n) is 3.32. The van der Waals surface area contributed by atoms with Crippen molar-refractivity contribution in [3.05, 3.63) is 35.5 Å². The summed E-state index contributed by atoms with van der Waals surface area (Å²) in [6.45, 7) is 4.52. The first kappa shape index (κ1) is 7.29. The number of hydrogen-bond donors (Lipinski definition) is 0. The molecule has 54 valence electrons. The van der Waals surface area contributed by atoms with Gasteiger partial charge in [-0.15, -0.1) is 0 Å². The molecule has 0 saturated carbocycles. The number of allylic oxidation sites excluding steroid dienone is 6. The van der Waals surface area contributed by atoms with E-state index in [2.05, 4.69) is 38.2 Å². The SMILES string of the molecule is CC1(C)C2=CC=C1C=C2.O. The van der Waals surface area contributed by atoms with E-state index in [-0.39, 0.29) is 5.48 Å². The lowest BCUT2D eigenvalue weighted by Crippen LogP contribution is -2.06. The molecule has 1 nitrogen and oxygen atoms in total. The van der Waals surface area contributed by atoms with Crippen LogP contribution in [0.1, 0.15) is 13.8 Å². The maximum Gasteiger partial charge on any atom is 0.0146 e. The zero-order chi connectivity index (χ0) is 6.48. The molecule has 0 fully saturated rings. The Kier molecular flexibility index (Phi) is 1.33. The van der Waals surface area contributed by atoms with Gasteiger partial charge in [-0.3, -0.25) is 0 Å². The van der Waals surface area contributed by atoms with Crippen LogP contribution >= 0.6 is 0 Å². The van der Waals surface area contributed by atoms with E-state index in [1.165, 1.54) is 11.1 Å². The van der Waals surface area contributed by atoms with Gasteiger partial charge in [-0.05, 0) is 11.1 Å². The quantitative estimate of drug-likeness (QED) is 0.484. The van der Waals surface area contributed by atoms with Crippen molar-refractivity contribution in [1.29, 1.82) is 0 Å². The summed E-state index contributed by atoms with van der Waals surface area (Å²) < 4.78 is 0. The van der Waals surface area contributed by atoms with Crippen LogP contribution in [0.2, 0.25) is 0 Å². The van der Waals surface area contributed by atoms with Gasteiger partial charge in [0.25, 0.3) is 0 Å². The lowest BCUT2D eigenvalue weighted by molar-refractivity contribution is 0.593. The summed E-state index contributed by atoms with van der Waals surface area (Å²) in [6, 6.07) is 0. The lowest BCUT2D eigenvalue weighted by Gasteiger charge is -2.17. The van der Waals surface area contributed by atoms with Crippen LogP contribution in [0.15, 0.2) is 35.5 Å². The van der Waals surface area contributed by atoms with E-state index in [0.29, 0.717) is 5.41 Å².